The molecule has 0 aromatic heterocycles. The summed E-state index contributed by atoms with van der Waals surface area (Å²) in [6.07, 6.45) is 0. The Morgan fingerprint density at radius 1 is 1.04 bits per heavy atom. The van der Waals surface area contributed by atoms with Gasteiger partial charge >= 0.3 is 0 Å². The molecule has 0 spiro atoms. The summed E-state index contributed by atoms with van der Waals surface area (Å²) < 4.78 is 59.4. The first-order valence-corrected chi connectivity index (χ1v) is 10.2. The second kappa shape index (κ2) is 8.33. The fourth-order valence-corrected chi connectivity index (χ4v) is 4.61. The maximum atomic E-state index is 13.9. The molecule has 146 valence electrons. The fraction of sp³-hybridized carbons (Fsp3) is 0.368. The van der Waals surface area contributed by atoms with Crippen LogP contribution in [0, 0.1) is 11.6 Å². The van der Waals surface area contributed by atoms with Crippen molar-refractivity contribution in [2.45, 2.75) is 18.4 Å². The van der Waals surface area contributed by atoms with Crippen molar-refractivity contribution in [3.63, 3.8) is 0 Å². The number of sulfonamides is 1. The van der Waals surface area contributed by atoms with Crippen molar-refractivity contribution in [2.24, 2.45) is 0 Å². The van der Waals surface area contributed by atoms with Gasteiger partial charge in [-0.3, -0.25) is 4.90 Å². The molecular weight excluding hydrogens is 374 g/mol. The lowest BCUT2D eigenvalue weighted by molar-refractivity contribution is 0.179. The zero-order chi connectivity index (χ0) is 19.4. The Labute approximate surface area is 158 Å². The number of hydrogen-bond acceptors (Lipinski definition) is 4. The number of halogens is 2. The number of rotatable bonds is 6. The summed E-state index contributed by atoms with van der Waals surface area (Å²) in [6.45, 7) is 4.56. The second-order valence-electron chi connectivity index (χ2n) is 6.30. The number of piperazine rings is 1. The molecule has 0 N–H and O–H groups in total. The molecule has 3 rings (SSSR count). The van der Waals surface area contributed by atoms with Crippen molar-refractivity contribution in [3.05, 3.63) is 59.7 Å². The van der Waals surface area contributed by atoms with Crippen molar-refractivity contribution in [3.8, 4) is 5.75 Å². The summed E-state index contributed by atoms with van der Waals surface area (Å²) in [7, 11) is -4.06. The summed E-state index contributed by atoms with van der Waals surface area (Å²) in [4.78, 5) is 1.50. The predicted octanol–water partition coefficient (Wildman–Crippen LogP) is 2.87. The van der Waals surface area contributed by atoms with Crippen LogP contribution in [-0.2, 0) is 16.6 Å². The Bertz CT molecular complexity index is 898. The Balaban J connectivity index is 1.68. The lowest BCUT2D eigenvalue weighted by atomic mass is 10.2. The molecule has 0 unspecified atom stereocenters. The molecule has 0 saturated carbocycles. The van der Waals surface area contributed by atoms with E-state index in [0.29, 0.717) is 26.2 Å². The number of para-hydroxylation sites is 1. The highest BCUT2D eigenvalue weighted by molar-refractivity contribution is 7.89. The van der Waals surface area contributed by atoms with Crippen LogP contribution in [0.1, 0.15) is 12.5 Å². The van der Waals surface area contributed by atoms with E-state index in [2.05, 4.69) is 4.90 Å². The predicted molar refractivity (Wildman–Crippen MR) is 98.0 cm³/mol. The standard InChI is InChI=1S/C19H22F2N2O3S/c1-2-26-18-6-4-3-5-15(18)14-22-9-11-23(12-10-22)27(24,25)19-13-16(20)7-8-17(19)21/h3-8,13H,2,9-12,14H2,1H3. The van der Waals surface area contributed by atoms with Gasteiger partial charge in [-0.15, -0.1) is 0 Å². The minimum Gasteiger partial charge on any atom is -0.494 e. The normalized spacial score (nSPS) is 16.4. The molecule has 0 aliphatic carbocycles. The largest absolute Gasteiger partial charge is 0.494 e. The zero-order valence-corrected chi connectivity index (χ0v) is 15.9. The third kappa shape index (κ3) is 4.45. The maximum Gasteiger partial charge on any atom is 0.246 e. The molecule has 0 bridgehead atoms. The van der Waals surface area contributed by atoms with E-state index in [1.54, 1.807) is 0 Å². The van der Waals surface area contributed by atoms with Gasteiger partial charge in [0.1, 0.15) is 22.3 Å². The topological polar surface area (TPSA) is 49.9 Å². The summed E-state index contributed by atoms with van der Waals surface area (Å²) in [6, 6.07) is 10.2. The Kier molecular flexibility index (Phi) is 6.08. The number of benzene rings is 2. The van der Waals surface area contributed by atoms with Gasteiger partial charge < -0.3 is 4.74 Å². The number of hydrogen-bond donors (Lipinski definition) is 0. The second-order valence-corrected chi connectivity index (χ2v) is 8.20. The van der Waals surface area contributed by atoms with Gasteiger partial charge in [-0.2, -0.15) is 4.31 Å². The molecular formula is C19H22F2N2O3S. The van der Waals surface area contributed by atoms with Gasteiger partial charge in [0.05, 0.1) is 6.61 Å². The van der Waals surface area contributed by atoms with Gasteiger partial charge in [0, 0.05) is 38.3 Å². The van der Waals surface area contributed by atoms with E-state index in [4.69, 9.17) is 4.74 Å². The average molecular weight is 396 g/mol. The first-order chi connectivity index (χ1) is 12.9. The van der Waals surface area contributed by atoms with Crippen LogP contribution in [0.4, 0.5) is 8.78 Å². The monoisotopic (exact) mass is 396 g/mol. The van der Waals surface area contributed by atoms with Crippen LogP contribution in [0.5, 0.6) is 5.75 Å². The Morgan fingerprint density at radius 2 is 1.74 bits per heavy atom. The smallest absolute Gasteiger partial charge is 0.246 e. The highest BCUT2D eigenvalue weighted by atomic mass is 32.2. The van der Waals surface area contributed by atoms with Crippen molar-refractivity contribution in [2.75, 3.05) is 32.8 Å². The molecule has 8 heteroatoms. The molecule has 1 aliphatic heterocycles. The van der Waals surface area contributed by atoms with Gasteiger partial charge in [-0.1, -0.05) is 18.2 Å². The van der Waals surface area contributed by atoms with E-state index in [9.17, 15) is 17.2 Å². The third-order valence-corrected chi connectivity index (χ3v) is 6.42. The van der Waals surface area contributed by atoms with Crippen LogP contribution in [0.15, 0.2) is 47.4 Å². The molecule has 5 nitrogen and oxygen atoms in total. The molecule has 0 amide bonds. The van der Waals surface area contributed by atoms with E-state index in [1.807, 2.05) is 31.2 Å². The van der Waals surface area contributed by atoms with Gasteiger partial charge in [0.15, 0.2) is 0 Å². The molecule has 1 aliphatic rings. The van der Waals surface area contributed by atoms with E-state index < -0.39 is 26.6 Å². The van der Waals surface area contributed by atoms with E-state index >= 15 is 0 Å². The number of ether oxygens (including phenoxy) is 1. The average Bonchev–Trinajstić information content (AvgIpc) is 2.66. The highest BCUT2D eigenvalue weighted by Gasteiger charge is 2.31. The summed E-state index contributed by atoms with van der Waals surface area (Å²) >= 11 is 0. The molecule has 0 atom stereocenters. The van der Waals surface area contributed by atoms with Gasteiger partial charge in [0.25, 0.3) is 0 Å². The molecule has 1 fully saturated rings. The zero-order valence-electron chi connectivity index (χ0n) is 15.1. The van der Waals surface area contributed by atoms with Crippen LogP contribution in [0.25, 0.3) is 0 Å². The van der Waals surface area contributed by atoms with Crippen molar-refractivity contribution in [1.82, 2.24) is 9.21 Å². The number of nitrogens with zero attached hydrogens (tertiary/aromatic N) is 2. The maximum absolute atomic E-state index is 13.9. The lowest BCUT2D eigenvalue weighted by Gasteiger charge is -2.34. The van der Waals surface area contributed by atoms with Crippen LogP contribution < -0.4 is 4.74 Å². The molecule has 1 heterocycles. The van der Waals surface area contributed by atoms with Crippen LogP contribution in [0.2, 0.25) is 0 Å². The van der Waals surface area contributed by atoms with Crippen LogP contribution in [0.3, 0.4) is 0 Å². The molecule has 2 aromatic rings. The van der Waals surface area contributed by atoms with Gasteiger partial charge in [-0.05, 0) is 31.2 Å². The van der Waals surface area contributed by atoms with Crippen molar-refractivity contribution >= 4 is 10.0 Å². The third-order valence-electron chi connectivity index (χ3n) is 4.51. The first kappa shape index (κ1) is 19.7. The Morgan fingerprint density at radius 3 is 2.44 bits per heavy atom. The van der Waals surface area contributed by atoms with Gasteiger partial charge in [0.2, 0.25) is 10.0 Å². The molecule has 0 radical (unpaired) electrons. The highest BCUT2D eigenvalue weighted by Crippen LogP contribution is 2.24. The minimum atomic E-state index is -4.06. The summed E-state index contributed by atoms with van der Waals surface area (Å²) in [5.74, 6) is -0.900. The molecule has 27 heavy (non-hydrogen) atoms. The fourth-order valence-electron chi connectivity index (χ4n) is 3.11. The Hall–Kier alpha value is -2.03. The van der Waals surface area contributed by atoms with Crippen molar-refractivity contribution < 1.29 is 21.9 Å². The quantitative estimate of drug-likeness (QED) is 0.754. The van der Waals surface area contributed by atoms with Crippen LogP contribution >= 0.6 is 0 Å². The van der Waals surface area contributed by atoms with E-state index in [0.717, 1.165) is 29.5 Å². The lowest BCUT2D eigenvalue weighted by Crippen LogP contribution is -2.48. The first-order valence-electron chi connectivity index (χ1n) is 8.80. The molecule has 1 saturated heterocycles. The van der Waals surface area contributed by atoms with Crippen LogP contribution in [-0.4, -0.2) is 50.4 Å². The minimum absolute atomic E-state index is 0.217. The van der Waals surface area contributed by atoms with E-state index in [1.165, 1.54) is 4.31 Å². The van der Waals surface area contributed by atoms with Crippen molar-refractivity contribution in [1.29, 1.82) is 0 Å². The molecule has 2 aromatic carbocycles. The van der Waals surface area contributed by atoms with Gasteiger partial charge in [-0.25, -0.2) is 17.2 Å². The summed E-state index contributed by atoms with van der Waals surface area (Å²) in [5, 5.41) is 0. The summed E-state index contributed by atoms with van der Waals surface area (Å²) in [5.41, 5.74) is 1.03. The SMILES string of the molecule is CCOc1ccccc1CN1CCN(S(=O)(=O)c2cc(F)ccc2F)CC1. The van der Waals surface area contributed by atoms with E-state index in [-0.39, 0.29) is 13.1 Å².